The second kappa shape index (κ2) is 4.75. The molecule has 0 saturated carbocycles. The Morgan fingerprint density at radius 3 is 2.89 bits per heavy atom. The highest BCUT2D eigenvalue weighted by Crippen LogP contribution is 2.14. The van der Waals surface area contributed by atoms with Crippen molar-refractivity contribution in [3.8, 4) is 0 Å². The summed E-state index contributed by atoms with van der Waals surface area (Å²) in [6.45, 7) is 1.76. The van der Waals surface area contributed by atoms with Gasteiger partial charge in [-0.25, -0.2) is 18.1 Å². The lowest BCUT2D eigenvalue weighted by Gasteiger charge is -2.06. The average molecular weight is 268 g/mol. The molecule has 8 heteroatoms. The molecule has 0 bridgehead atoms. The summed E-state index contributed by atoms with van der Waals surface area (Å²) >= 11 is 0. The van der Waals surface area contributed by atoms with Gasteiger partial charge in [-0.2, -0.15) is 0 Å². The Bertz CT molecular complexity index is 651. The van der Waals surface area contributed by atoms with E-state index in [-0.39, 0.29) is 17.3 Å². The van der Waals surface area contributed by atoms with Crippen LogP contribution in [-0.4, -0.2) is 18.6 Å². The van der Waals surface area contributed by atoms with Gasteiger partial charge in [0.05, 0.1) is 12.2 Å². The Morgan fingerprint density at radius 2 is 2.28 bits per heavy atom. The van der Waals surface area contributed by atoms with Crippen LogP contribution in [0, 0.1) is 6.92 Å². The van der Waals surface area contributed by atoms with Crippen molar-refractivity contribution >= 4 is 15.8 Å². The van der Waals surface area contributed by atoms with Crippen molar-refractivity contribution in [2.75, 3.05) is 5.73 Å². The minimum absolute atomic E-state index is 0.0114. The van der Waals surface area contributed by atoms with E-state index in [4.69, 9.17) is 10.3 Å². The van der Waals surface area contributed by atoms with E-state index in [1.165, 1.54) is 18.3 Å². The predicted molar refractivity (Wildman–Crippen MR) is 63.9 cm³/mol. The largest absolute Gasteiger partial charge is 0.383 e. The first-order valence-electron chi connectivity index (χ1n) is 5.11. The number of pyridine rings is 1. The Kier molecular flexibility index (Phi) is 3.30. The fourth-order valence-electron chi connectivity index (χ4n) is 1.37. The zero-order chi connectivity index (χ0) is 13.2. The number of rotatable bonds is 4. The fourth-order valence-corrected chi connectivity index (χ4v) is 2.45. The van der Waals surface area contributed by atoms with Crippen molar-refractivity contribution in [1.29, 1.82) is 0 Å². The van der Waals surface area contributed by atoms with Crippen molar-refractivity contribution in [2.45, 2.75) is 18.4 Å². The predicted octanol–water partition coefficient (Wildman–Crippen LogP) is 0.439. The Balaban J connectivity index is 2.16. The SMILES string of the molecule is Cc1cc(CNS(=O)(=O)c2cccnc2N)on1. The van der Waals surface area contributed by atoms with Crippen LogP contribution in [0.4, 0.5) is 5.82 Å². The zero-order valence-electron chi connectivity index (χ0n) is 9.62. The van der Waals surface area contributed by atoms with E-state index in [2.05, 4.69) is 14.9 Å². The molecule has 0 radical (unpaired) electrons. The number of anilines is 1. The molecule has 96 valence electrons. The van der Waals surface area contributed by atoms with Crippen LogP contribution >= 0.6 is 0 Å². The van der Waals surface area contributed by atoms with Gasteiger partial charge < -0.3 is 10.3 Å². The van der Waals surface area contributed by atoms with Gasteiger partial charge in [-0.15, -0.1) is 0 Å². The lowest BCUT2D eigenvalue weighted by molar-refractivity contribution is 0.377. The number of nitrogen functional groups attached to an aromatic ring is 1. The second-order valence-electron chi connectivity index (χ2n) is 3.65. The zero-order valence-corrected chi connectivity index (χ0v) is 10.4. The van der Waals surface area contributed by atoms with Crippen LogP contribution in [0.15, 0.2) is 33.8 Å². The molecule has 2 heterocycles. The van der Waals surface area contributed by atoms with E-state index in [0.717, 1.165) is 0 Å². The molecule has 0 unspecified atom stereocenters. The molecule has 2 aromatic rings. The second-order valence-corrected chi connectivity index (χ2v) is 5.38. The fraction of sp³-hybridized carbons (Fsp3) is 0.200. The normalized spacial score (nSPS) is 11.6. The van der Waals surface area contributed by atoms with E-state index in [1.54, 1.807) is 13.0 Å². The van der Waals surface area contributed by atoms with E-state index < -0.39 is 10.0 Å². The number of nitrogens with two attached hydrogens (primary N) is 1. The molecule has 0 fully saturated rings. The maximum Gasteiger partial charge on any atom is 0.244 e. The topological polar surface area (TPSA) is 111 Å². The monoisotopic (exact) mass is 268 g/mol. The number of aromatic nitrogens is 2. The summed E-state index contributed by atoms with van der Waals surface area (Å²) in [7, 11) is -3.71. The number of hydrogen-bond acceptors (Lipinski definition) is 6. The van der Waals surface area contributed by atoms with Gasteiger partial charge in [0.25, 0.3) is 0 Å². The minimum Gasteiger partial charge on any atom is -0.383 e. The molecule has 2 rings (SSSR count). The quantitative estimate of drug-likeness (QED) is 0.832. The van der Waals surface area contributed by atoms with E-state index in [1.807, 2.05) is 0 Å². The lowest BCUT2D eigenvalue weighted by atomic mass is 10.4. The minimum atomic E-state index is -3.71. The van der Waals surface area contributed by atoms with Crippen molar-refractivity contribution in [2.24, 2.45) is 0 Å². The van der Waals surface area contributed by atoms with Gasteiger partial charge in [-0.1, -0.05) is 5.16 Å². The molecule has 0 aromatic carbocycles. The number of sulfonamides is 1. The maximum absolute atomic E-state index is 11.9. The number of aryl methyl sites for hydroxylation is 1. The summed E-state index contributed by atoms with van der Waals surface area (Å²) in [4.78, 5) is 3.67. The van der Waals surface area contributed by atoms with Crippen LogP contribution in [0.1, 0.15) is 11.5 Å². The molecule has 0 atom stereocenters. The van der Waals surface area contributed by atoms with Gasteiger partial charge in [0.2, 0.25) is 10.0 Å². The standard InChI is InChI=1S/C10H12N4O3S/c1-7-5-8(17-14-7)6-13-18(15,16)9-3-2-4-12-10(9)11/h2-5,13H,6H2,1H3,(H2,11,12). The first-order chi connectivity index (χ1) is 8.49. The summed E-state index contributed by atoms with van der Waals surface area (Å²) in [6.07, 6.45) is 1.42. The van der Waals surface area contributed by atoms with E-state index in [0.29, 0.717) is 11.5 Å². The number of nitrogens with one attached hydrogen (secondary N) is 1. The molecule has 0 aliphatic heterocycles. The molecule has 7 nitrogen and oxygen atoms in total. The number of nitrogens with zero attached hydrogens (tertiary/aromatic N) is 2. The third-order valence-electron chi connectivity index (χ3n) is 2.20. The molecule has 0 saturated heterocycles. The summed E-state index contributed by atoms with van der Waals surface area (Å²) in [5.41, 5.74) is 6.20. The molecular weight excluding hydrogens is 256 g/mol. The van der Waals surface area contributed by atoms with Gasteiger partial charge in [-0.05, 0) is 19.1 Å². The number of hydrogen-bond donors (Lipinski definition) is 2. The van der Waals surface area contributed by atoms with Crippen LogP contribution in [0.25, 0.3) is 0 Å². The van der Waals surface area contributed by atoms with Crippen molar-refractivity contribution in [1.82, 2.24) is 14.9 Å². The van der Waals surface area contributed by atoms with Crippen LogP contribution in [0.2, 0.25) is 0 Å². The Labute approximate surface area is 104 Å². The summed E-state index contributed by atoms with van der Waals surface area (Å²) in [6, 6.07) is 4.54. The Hall–Kier alpha value is -1.93. The lowest BCUT2D eigenvalue weighted by Crippen LogP contribution is -2.24. The molecule has 0 aliphatic carbocycles. The van der Waals surface area contributed by atoms with Crippen molar-refractivity contribution < 1.29 is 12.9 Å². The van der Waals surface area contributed by atoms with Crippen LogP contribution in [-0.2, 0) is 16.6 Å². The average Bonchev–Trinajstić information content (AvgIpc) is 2.73. The van der Waals surface area contributed by atoms with Gasteiger partial charge in [0.15, 0.2) is 5.76 Å². The molecular formula is C10H12N4O3S. The molecule has 18 heavy (non-hydrogen) atoms. The van der Waals surface area contributed by atoms with E-state index >= 15 is 0 Å². The van der Waals surface area contributed by atoms with Crippen molar-refractivity contribution in [3.63, 3.8) is 0 Å². The van der Waals surface area contributed by atoms with Crippen LogP contribution in [0.5, 0.6) is 0 Å². The molecule has 3 N–H and O–H groups in total. The summed E-state index contributed by atoms with van der Waals surface area (Å²) in [5, 5.41) is 3.66. The summed E-state index contributed by atoms with van der Waals surface area (Å²) < 4.78 is 31.1. The molecule has 0 aliphatic rings. The first-order valence-corrected chi connectivity index (χ1v) is 6.60. The highest BCUT2D eigenvalue weighted by Gasteiger charge is 2.18. The smallest absolute Gasteiger partial charge is 0.244 e. The molecule has 0 spiro atoms. The summed E-state index contributed by atoms with van der Waals surface area (Å²) in [5.74, 6) is 0.386. The van der Waals surface area contributed by atoms with Gasteiger partial charge in [0.1, 0.15) is 10.7 Å². The van der Waals surface area contributed by atoms with E-state index in [9.17, 15) is 8.42 Å². The van der Waals surface area contributed by atoms with Crippen molar-refractivity contribution in [3.05, 3.63) is 35.9 Å². The van der Waals surface area contributed by atoms with Gasteiger partial charge in [-0.3, -0.25) is 0 Å². The van der Waals surface area contributed by atoms with Gasteiger partial charge in [0, 0.05) is 12.3 Å². The molecule has 0 amide bonds. The third-order valence-corrected chi connectivity index (χ3v) is 3.65. The van der Waals surface area contributed by atoms with Gasteiger partial charge >= 0.3 is 0 Å². The maximum atomic E-state index is 11.9. The Morgan fingerprint density at radius 1 is 1.50 bits per heavy atom. The molecule has 2 aromatic heterocycles. The first kappa shape index (κ1) is 12.5. The van der Waals surface area contributed by atoms with Crippen LogP contribution in [0.3, 0.4) is 0 Å². The third kappa shape index (κ3) is 2.66. The van der Waals surface area contributed by atoms with Crippen LogP contribution < -0.4 is 10.5 Å². The highest BCUT2D eigenvalue weighted by atomic mass is 32.2. The highest BCUT2D eigenvalue weighted by molar-refractivity contribution is 7.89.